The van der Waals surface area contributed by atoms with Crippen molar-refractivity contribution in [3.8, 4) is 0 Å². The molecule has 5 nitrogen and oxygen atoms in total. The number of quaternary nitrogens is 1. The lowest BCUT2D eigenvalue weighted by Gasteiger charge is -2.21. The second-order valence-corrected chi connectivity index (χ2v) is 5.59. The highest BCUT2D eigenvalue weighted by Gasteiger charge is 2.18. The molecular weight excluding hydrogens is 300 g/mol. The number of nitrogens with one attached hydrogen (secondary N) is 1. The van der Waals surface area contributed by atoms with Crippen molar-refractivity contribution in [1.29, 1.82) is 0 Å². The Morgan fingerprint density at radius 2 is 1.77 bits per heavy atom. The van der Waals surface area contributed by atoms with E-state index in [4.69, 9.17) is 0 Å². The van der Waals surface area contributed by atoms with Crippen LogP contribution in [-0.4, -0.2) is 27.7 Å². The summed E-state index contributed by atoms with van der Waals surface area (Å²) >= 11 is 0. The van der Waals surface area contributed by atoms with Crippen LogP contribution >= 0.6 is 0 Å². The van der Waals surface area contributed by atoms with Crippen molar-refractivity contribution in [3.05, 3.63) is 46.8 Å². The molecule has 0 amide bonds. The van der Waals surface area contributed by atoms with Crippen molar-refractivity contribution < 1.29 is 17.3 Å². The zero-order valence-corrected chi connectivity index (χ0v) is 12.9. The highest BCUT2D eigenvalue weighted by Crippen LogP contribution is 2.09. The number of rotatable bonds is 1. The average Bonchev–Trinajstić information content (AvgIpc) is 2.56. The predicted octanol–water partition coefficient (Wildman–Crippen LogP) is -2.05. The molecule has 3 aromatic rings. The third-order valence-corrected chi connectivity index (χ3v) is 4.20. The van der Waals surface area contributed by atoms with Crippen molar-refractivity contribution in [2.75, 3.05) is 13.1 Å². The van der Waals surface area contributed by atoms with Crippen LogP contribution in [0.3, 0.4) is 0 Å². The average molecular weight is 317 g/mol. The summed E-state index contributed by atoms with van der Waals surface area (Å²) in [7, 11) is 0. The predicted molar refractivity (Wildman–Crippen MR) is 81.0 cm³/mol. The topological polar surface area (TPSA) is 51.7 Å². The SMILES string of the molecule is O=c1c2ccccc2nc2ccc([NH+]3CCCCC3)nn12.[Cl-]. The van der Waals surface area contributed by atoms with E-state index in [2.05, 4.69) is 10.1 Å². The molecule has 0 unspecified atom stereocenters. The van der Waals surface area contributed by atoms with E-state index in [1.165, 1.54) is 28.7 Å². The number of fused-ring (bicyclic) bond motifs is 2. The van der Waals surface area contributed by atoms with Gasteiger partial charge in [0.15, 0.2) is 5.65 Å². The quantitative estimate of drug-likeness (QED) is 0.526. The Hall–Kier alpha value is -1.98. The van der Waals surface area contributed by atoms with Crippen molar-refractivity contribution in [2.45, 2.75) is 19.3 Å². The first-order valence-electron chi connectivity index (χ1n) is 7.47. The van der Waals surface area contributed by atoms with Crippen LogP contribution in [-0.2, 0) is 0 Å². The van der Waals surface area contributed by atoms with Gasteiger partial charge in [-0.2, -0.15) is 4.52 Å². The van der Waals surface area contributed by atoms with Gasteiger partial charge in [0.25, 0.3) is 5.56 Å². The van der Waals surface area contributed by atoms with Crippen LogP contribution in [0, 0.1) is 0 Å². The second-order valence-electron chi connectivity index (χ2n) is 5.59. The van der Waals surface area contributed by atoms with E-state index in [0.29, 0.717) is 11.0 Å². The van der Waals surface area contributed by atoms with E-state index in [0.717, 1.165) is 24.4 Å². The lowest BCUT2D eigenvalue weighted by atomic mass is 10.1. The number of hydrogen-bond acceptors (Lipinski definition) is 3. The Morgan fingerprint density at radius 1 is 1.00 bits per heavy atom. The smallest absolute Gasteiger partial charge is 0.282 e. The molecule has 1 aliphatic heterocycles. The van der Waals surface area contributed by atoms with Gasteiger partial charge in [0.2, 0.25) is 5.82 Å². The molecule has 1 aromatic carbocycles. The fraction of sp³-hybridized carbons (Fsp3) is 0.312. The molecule has 4 rings (SSSR count). The van der Waals surface area contributed by atoms with Gasteiger partial charge in [0, 0.05) is 6.07 Å². The highest BCUT2D eigenvalue weighted by atomic mass is 35.5. The number of halogens is 1. The summed E-state index contributed by atoms with van der Waals surface area (Å²) in [4.78, 5) is 18.5. The van der Waals surface area contributed by atoms with Gasteiger partial charge in [0.05, 0.1) is 24.0 Å². The molecule has 3 heterocycles. The molecule has 0 spiro atoms. The van der Waals surface area contributed by atoms with Crippen molar-refractivity contribution >= 4 is 22.4 Å². The van der Waals surface area contributed by atoms with E-state index in [9.17, 15) is 4.79 Å². The van der Waals surface area contributed by atoms with E-state index in [1.807, 2.05) is 30.3 Å². The largest absolute Gasteiger partial charge is 1.00 e. The van der Waals surface area contributed by atoms with Gasteiger partial charge in [-0.1, -0.05) is 12.1 Å². The monoisotopic (exact) mass is 316 g/mol. The van der Waals surface area contributed by atoms with Crippen molar-refractivity contribution in [1.82, 2.24) is 14.6 Å². The molecule has 1 N–H and O–H groups in total. The van der Waals surface area contributed by atoms with Crippen LogP contribution in [0.5, 0.6) is 0 Å². The summed E-state index contributed by atoms with van der Waals surface area (Å²) in [6.45, 7) is 2.18. The summed E-state index contributed by atoms with van der Waals surface area (Å²) in [5.74, 6) is 0.946. The zero-order valence-electron chi connectivity index (χ0n) is 12.1. The van der Waals surface area contributed by atoms with E-state index in [1.54, 1.807) is 6.07 Å². The van der Waals surface area contributed by atoms with Gasteiger partial charge < -0.3 is 12.4 Å². The first kappa shape index (κ1) is 14.9. The first-order chi connectivity index (χ1) is 10.3. The van der Waals surface area contributed by atoms with Gasteiger partial charge in [-0.15, -0.1) is 5.10 Å². The first-order valence-corrected chi connectivity index (χ1v) is 7.47. The number of piperidine rings is 1. The maximum atomic E-state index is 12.6. The molecule has 6 heteroatoms. The molecular formula is C16H17ClN4O. The lowest BCUT2D eigenvalue weighted by molar-refractivity contribution is -0.841. The molecule has 1 fully saturated rings. The summed E-state index contributed by atoms with van der Waals surface area (Å²) in [6.07, 6.45) is 3.74. The second kappa shape index (κ2) is 6.02. The Kier molecular flexibility index (Phi) is 4.09. The molecule has 0 aliphatic carbocycles. The zero-order chi connectivity index (χ0) is 14.2. The van der Waals surface area contributed by atoms with Crippen LogP contribution < -0.4 is 22.9 Å². The van der Waals surface area contributed by atoms with Crippen molar-refractivity contribution in [3.63, 3.8) is 0 Å². The summed E-state index contributed by atoms with van der Waals surface area (Å²) in [6, 6.07) is 11.3. The Labute approximate surface area is 134 Å². The molecule has 0 saturated carbocycles. The Balaban J connectivity index is 0.00000144. The summed E-state index contributed by atoms with van der Waals surface area (Å²) in [5, 5.41) is 5.17. The number of benzene rings is 1. The van der Waals surface area contributed by atoms with Gasteiger partial charge in [-0.05, 0) is 37.5 Å². The standard InChI is InChI=1S/C16H16N4O.ClH/c21-16-12-6-2-3-7-13(12)17-14-8-9-15(18-20(14)16)19-10-4-1-5-11-19;/h2-3,6-9H,1,4-5,10-11H2;1H. The maximum Gasteiger partial charge on any atom is 0.282 e. The number of aromatic nitrogens is 3. The minimum atomic E-state index is -0.0890. The van der Waals surface area contributed by atoms with Gasteiger partial charge in [-0.3, -0.25) is 9.69 Å². The van der Waals surface area contributed by atoms with Crippen LogP contribution in [0.4, 0.5) is 5.82 Å². The fourth-order valence-electron chi connectivity index (χ4n) is 3.06. The van der Waals surface area contributed by atoms with E-state index >= 15 is 0 Å². The summed E-state index contributed by atoms with van der Waals surface area (Å²) < 4.78 is 1.44. The normalized spacial score (nSPS) is 15.8. The van der Waals surface area contributed by atoms with Crippen LogP contribution in [0.15, 0.2) is 41.2 Å². The number of para-hydroxylation sites is 1. The van der Waals surface area contributed by atoms with Crippen LogP contribution in [0.2, 0.25) is 0 Å². The van der Waals surface area contributed by atoms with Crippen LogP contribution in [0.1, 0.15) is 19.3 Å². The summed E-state index contributed by atoms with van der Waals surface area (Å²) in [5.41, 5.74) is 1.25. The minimum absolute atomic E-state index is 0. The molecule has 22 heavy (non-hydrogen) atoms. The molecule has 1 aliphatic rings. The van der Waals surface area contributed by atoms with Crippen molar-refractivity contribution in [2.24, 2.45) is 0 Å². The Bertz CT molecular complexity index is 871. The maximum absolute atomic E-state index is 12.6. The third kappa shape index (κ3) is 2.46. The molecule has 2 aromatic heterocycles. The van der Waals surface area contributed by atoms with E-state index < -0.39 is 0 Å². The Morgan fingerprint density at radius 3 is 2.59 bits per heavy atom. The van der Waals surface area contributed by atoms with E-state index in [-0.39, 0.29) is 18.0 Å². The third-order valence-electron chi connectivity index (χ3n) is 4.20. The number of hydrogen-bond donors (Lipinski definition) is 1. The molecule has 0 bridgehead atoms. The van der Waals surface area contributed by atoms with Crippen LogP contribution in [0.25, 0.3) is 16.6 Å². The van der Waals surface area contributed by atoms with Gasteiger partial charge in [-0.25, -0.2) is 4.98 Å². The molecule has 1 saturated heterocycles. The lowest BCUT2D eigenvalue weighted by Crippen LogP contribution is -3.08. The van der Waals surface area contributed by atoms with Gasteiger partial charge >= 0.3 is 0 Å². The highest BCUT2D eigenvalue weighted by molar-refractivity contribution is 5.79. The molecule has 0 radical (unpaired) electrons. The van der Waals surface area contributed by atoms with Gasteiger partial charge in [0.1, 0.15) is 0 Å². The molecule has 114 valence electrons. The molecule has 0 atom stereocenters. The number of nitrogens with zero attached hydrogens (tertiary/aromatic N) is 3. The minimum Gasteiger partial charge on any atom is -1.00 e. The fourth-order valence-corrected chi connectivity index (χ4v) is 3.06.